The molecule has 1 amide bonds. The molecule has 1 fully saturated rings. The number of aromatic hydroxyl groups is 1. The summed E-state index contributed by atoms with van der Waals surface area (Å²) >= 11 is 0. The van der Waals surface area contributed by atoms with Crippen LogP contribution in [-0.4, -0.2) is 42.1 Å². The molecule has 0 unspecified atom stereocenters. The van der Waals surface area contributed by atoms with Crippen LogP contribution in [0.25, 0.3) is 0 Å². The third kappa shape index (κ3) is 2.37. The van der Waals surface area contributed by atoms with Crippen molar-refractivity contribution in [3.8, 4) is 5.75 Å². The Labute approximate surface area is 103 Å². The maximum atomic E-state index is 13.6. The number of benzene rings is 1. The zero-order valence-electron chi connectivity index (χ0n) is 9.99. The number of halogens is 2. The number of piperazine rings is 1. The Morgan fingerprint density at radius 3 is 2.11 bits per heavy atom. The monoisotopic (exact) mass is 256 g/mol. The third-order valence-electron chi connectivity index (χ3n) is 3.04. The second kappa shape index (κ2) is 4.80. The van der Waals surface area contributed by atoms with Gasteiger partial charge in [0.25, 0.3) is 0 Å². The summed E-state index contributed by atoms with van der Waals surface area (Å²) in [5.74, 6) is -2.05. The van der Waals surface area contributed by atoms with Gasteiger partial charge in [0.05, 0.1) is 0 Å². The normalized spacial score (nSPS) is 15.9. The van der Waals surface area contributed by atoms with E-state index in [1.165, 1.54) is 6.92 Å². The fraction of sp³-hybridized carbons (Fsp3) is 0.417. The smallest absolute Gasteiger partial charge is 0.219 e. The summed E-state index contributed by atoms with van der Waals surface area (Å²) in [6, 6.07) is 1.77. The molecule has 98 valence electrons. The molecular formula is C12H14F2N2O2. The third-order valence-corrected chi connectivity index (χ3v) is 3.04. The molecule has 0 bridgehead atoms. The Kier molecular flexibility index (Phi) is 3.36. The van der Waals surface area contributed by atoms with E-state index in [9.17, 15) is 13.6 Å². The average molecular weight is 256 g/mol. The Hall–Kier alpha value is -1.85. The second-order valence-electron chi connectivity index (χ2n) is 4.25. The van der Waals surface area contributed by atoms with Crippen LogP contribution in [0.3, 0.4) is 0 Å². The van der Waals surface area contributed by atoms with Gasteiger partial charge in [-0.2, -0.15) is 0 Å². The Bertz CT molecular complexity index is 448. The first-order valence-electron chi connectivity index (χ1n) is 5.67. The van der Waals surface area contributed by atoms with E-state index in [2.05, 4.69) is 0 Å². The minimum absolute atomic E-state index is 0.0405. The van der Waals surface area contributed by atoms with Crippen molar-refractivity contribution in [2.75, 3.05) is 31.1 Å². The van der Waals surface area contributed by atoms with E-state index < -0.39 is 17.4 Å². The Morgan fingerprint density at radius 2 is 1.67 bits per heavy atom. The van der Waals surface area contributed by atoms with Gasteiger partial charge in [-0.3, -0.25) is 4.79 Å². The highest BCUT2D eigenvalue weighted by Gasteiger charge is 2.23. The average Bonchev–Trinajstić information content (AvgIpc) is 2.28. The van der Waals surface area contributed by atoms with Gasteiger partial charge in [0.15, 0.2) is 11.6 Å². The van der Waals surface area contributed by atoms with Crippen LogP contribution >= 0.6 is 0 Å². The highest BCUT2D eigenvalue weighted by Crippen LogP contribution is 2.28. The van der Waals surface area contributed by atoms with Gasteiger partial charge in [0, 0.05) is 45.2 Å². The van der Waals surface area contributed by atoms with Crippen LogP contribution < -0.4 is 4.90 Å². The molecule has 2 rings (SSSR count). The van der Waals surface area contributed by atoms with Gasteiger partial charge in [-0.15, -0.1) is 0 Å². The molecule has 0 atom stereocenters. The predicted octanol–water partition coefficient (Wildman–Crippen LogP) is 1.34. The number of carbonyl (C=O) groups is 1. The number of phenolic OH excluding ortho intramolecular Hbond substituents is 1. The highest BCUT2D eigenvalue weighted by molar-refractivity contribution is 5.73. The molecule has 4 nitrogen and oxygen atoms in total. The lowest BCUT2D eigenvalue weighted by molar-refractivity contribution is -0.129. The topological polar surface area (TPSA) is 43.8 Å². The maximum absolute atomic E-state index is 13.6. The van der Waals surface area contributed by atoms with Gasteiger partial charge in [0.2, 0.25) is 5.91 Å². The molecule has 1 aromatic rings. The standard InChI is InChI=1S/C12H14F2N2O2/c1-8(17)15-2-4-16(5-3-15)12-10(13)6-9(18)7-11(12)14/h6-7,18H,2-5H2,1H3. The molecule has 0 saturated carbocycles. The first kappa shape index (κ1) is 12.6. The van der Waals surface area contributed by atoms with Crippen molar-refractivity contribution in [2.24, 2.45) is 0 Å². The molecule has 1 N–H and O–H groups in total. The molecular weight excluding hydrogens is 242 g/mol. The maximum Gasteiger partial charge on any atom is 0.219 e. The number of hydrogen-bond donors (Lipinski definition) is 1. The van der Waals surface area contributed by atoms with Crippen LogP contribution in [0.15, 0.2) is 12.1 Å². The second-order valence-corrected chi connectivity index (χ2v) is 4.25. The number of amides is 1. The van der Waals surface area contributed by atoms with Gasteiger partial charge in [0.1, 0.15) is 11.4 Å². The molecule has 1 aliphatic rings. The zero-order chi connectivity index (χ0) is 13.3. The highest BCUT2D eigenvalue weighted by atomic mass is 19.1. The van der Waals surface area contributed by atoms with Crippen molar-refractivity contribution in [2.45, 2.75) is 6.92 Å². The van der Waals surface area contributed by atoms with E-state index in [-0.39, 0.29) is 11.6 Å². The van der Waals surface area contributed by atoms with Gasteiger partial charge < -0.3 is 14.9 Å². The number of hydrogen-bond acceptors (Lipinski definition) is 3. The lowest BCUT2D eigenvalue weighted by Gasteiger charge is -2.35. The predicted molar refractivity (Wildman–Crippen MR) is 62.5 cm³/mol. The molecule has 0 spiro atoms. The Balaban J connectivity index is 2.17. The molecule has 0 radical (unpaired) electrons. The zero-order valence-corrected chi connectivity index (χ0v) is 9.99. The van der Waals surface area contributed by atoms with Crippen LogP contribution in [0.2, 0.25) is 0 Å². The fourth-order valence-corrected chi connectivity index (χ4v) is 2.10. The minimum atomic E-state index is -0.788. The van der Waals surface area contributed by atoms with Crippen LogP contribution in [-0.2, 0) is 4.79 Å². The summed E-state index contributed by atoms with van der Waals surface area (Å²) in [6.45, 7) is 3.10. The molecule has 0 aliphatic carbocycles. The lowest BCUT2D eigenvalue weighted by atomic mass is 10.2. The SMILES string of the molecule is CC(=O)N1CCN(c2c(F)cc(O)cc2F)CC1. The first-order chi connectivity index (χ1) is 8.49. The number of anilines is 1. The van der Waals surface area contributed by atoms with Crippen molar-refractivity contribution in [1.82, 2.24) is 4.90 Å². The van der Waals surface area contributed by atoms with E-state index in [1.807, 2.05) is 0 Å². The quantitative estimate of drug-likeness (QED) is 0.824. The van der Waals surface area contributed by atoms with E-state index in [4.69, 9.17) is 5.11 Å². The van der Waals surface area contributed by atoms with Gasteiger partial charge in [-0.1, -0.05) is 0 Å². The molecule has 6 heteroatoms. The van der Waals surface area contributed by atoms with Gasteiger partial charge in [-0.05, 0) is 0 Å². The first-order valence-corrected chi connectivity index (χ1v) is 5.67. The van der Waals surface area contributed by atoms with Crippen molar-refractivity contribution < 1.29 is 18.7 Å². The van der Waals surface area contributed by atoms with Crippen molar-refractivity contribution in [3.63, 3.8) is 0 Å². The van der Waals surface area contributed by atoms with Crippen molar-refractivity contribution >= 4 is 11.6 Å². The summed E-state index contributed by atoms with van der Waals surface area (Å²) in [4.78, 5) is 14.3. The number of carbonyl (C=O) groups excluding carboxylic acids is 1. The van der Waals surface area contributed by atoms with E-state index in [0.29, 0.717) is 26.2 Å². The summed E-state index contributed by atoms with van der Waals surface area (Å²) in [5.41, 5.74) is -0.143. The molecule has 1 aromatic carbocycles. The van der Waals surface area contributed by atoms with Gasteiger partial charge in [-0.25, -0.2) is 8.78 Å². The molecule has 1 saturated heterocycles. The number of rotatable bonds is 1. The summed E-state index contributed by atoms with van der Waals surface area (Å²) in [5, 5.41) is 9.08. The summed E-state index contributed by atoms with van der Waals surface area (Å²) in [7, 11) is 0. The largest absolute Gasteiger partial charge is 0.508 e. The van der Waals surface area contributed by atoms with Crippen LogP contribution in [0.1, 0.15) is 6.92 Å². The molecule has 1 aliphatic heterocycles. The molecule has 1 heterocycles. The van der Waals surface area contributed by atoms with E-state index in [1.54, 1.807) is 9.80 Å². The minimum Gasteiger partial charge on any atom is -0.508 e. The lowest BCUT2D eigenvalue weighted by Crippen LogP contribution is -2.48. The fourth-order valence-electron chi connectivity index (χ4n) is 2.10. The van der Waals surface area contributed by atoms with E-state index in [0.717, 1.165) is 12.1 Å². The Morgan fingerprint density at radius 1 is 1.17 bits per heavy atom. The summed E-state index contributed by atoms with van der Waals surface area (Å²) in [6.07, 6.45) is 0. The van der Waals surface area contributed by atoms with Crippen molar-refractivity contribution in [3.05, 3.63) is 23.8 Å². The van der Waals surface area contributed by atoms with Crippen LogP contribution in [0.5, 0.6) is 5.75 Å². The summed E-state index contributed by atoms with van der Waals surface area (Å²) < 4.78 is 27.3. The van der Waals surface area contributed by atoms with Crippen LogP contribution in [0, 0.1) is 11.6 Å². The number of phenols is 1. The van der Waals surface area contributed by atoms with Crippen LogP contribution in [0.4, 0.5) is 14.5 Å². The molecule has 0 aromatic heterocycles. The van der Waals surface area contributed by atoms with Crippen molar-refractivity contribution in [1.29, 1.82) is 0 Å². The molecule has 18 heavy (non-hydrogen) atoms. The number of nitrogens with zero attached hydrogens (tertiary/aromatic N) is 2. The van der Waals surface area contributed by atoms with E-state index >= 15 is 0 Å². The van der Waals surface area contributed by atoms with Gasteiger partial charge >= 0.3 is 0 Å².